The Balaban J connectivity index is 1.84. The van der Waals surface area contributed by atoms with Crippen LogP contribution < -0.4 is 0 Å². The number of carbonyl (C=O) groups excluding carboxylic acids is 1. The van der Waals surface area contributed by atoms with Crippen molar-refractivity contribution in [3.63, 3.8) is 0 Å². The van der Waals surface area contributed by atoms with E-state index in [1.54, 1.807) is 6.92 Å². The van der Waals surface area contributed by atoms with E-state index < -0.39 is 0 Å². The second-order valence-electron chi connectivity index (χ2n) is 6.95. The molecular weight excluding hydrogens is 220 g/mol. The van der Waals surface area contributed by atoms with Crippen molar-refractivity contribution in [1.82, 2.24) is 0 Å². The third kappa shape index (κ3) is 3.16. The molecule has 1 heteroatoms. The largest absolute Gasteiger partial charge is 0.300 e. The van der Waals surface area contributed by atoms with Crippen molar-refractivity contribution in [2.24, 2.45) is 29.6 Å². The van der Waals surface area contributed by atoms with Crippen molar-refractivity contribution in [2.75, 3.05) is 0 Å². The van der Waals surface area contributed by atoms with Crippen LogP contribution in [0.25, 0.3) is 0 Å². The maximum Gasteiger partial charge on any atom is 0.132 e. The normalized spacial score (nSPS) is 41.6. The van der Waals surface area contributed by atoms with E-state index >= 15 is 0 Å². The molecule has 0 radical (unpaired) electrons. The van der Waals surface area contributed by atoms with Crippen molar-refractivity contribution in [2.45, 2.75) is 72.1 Å². The van der Waals surface area contributed by atoms with E-state index in [0.717, 1.165) is 23.7 Å². The van der Waals surface area contributed by atoms with Gasteiger partial charge >= 0.3 is 0 Å². The summed E-state index contributed by atoms with van der Waals surface area (Å²) in [4.78, 5) is 11.4. The maximum absolute atomic E-state index is 11.4. The number of rotatable bonds is 3. The Labute approximate surface area is 113 Å². The average molecular weight is 250 g/mol. The topological polar surface area (TPSA) is 17.1 Å². The molecule has 18 heavy (non-hydrogen) atoms. The zero-order chi connectivity index (χ0) is 13.1. The lowest BCUT2D eigenvalue weighted by atomic mass is 9.64. The first kappa shape index (κ1) is 14.1. The van der Waals surface area contributed by atoms with E-state index in [0.29, 0.717) is 11.7 Å². The third-order valence-electron chi connectivity index (χ3n) is 5.87. The van der Waals surface area contributed by atoms with Crippen LogP contribution in [0.4, 0.5) is 0 Å². The molecule has 0 spiro atoms. The van der Waals surface area contributed by atoms with E-state index in [-0.39, 0.29) is 0 Å². The Morgan fingerprint density at radius 1 is 1.06 bits per heavy atom. The number of ketones is 1. The van der Waals surface area contributed by atoms with Crippen LogP contribution in [0.3, 0.4) is 0 Å². The number of hydrogen-bond donors (Lipinski definition) is 0. The van der Waals surface area contributed by atoms with Crippen molar-refractivity contribution < 1.29 is 4.79 Å². The van der Waals surface area contributed by atoms with Crippen LogP contribution in [0.5, 0.6) is 0 Å². The number of carbonyl (C=O) groups is 1. The summed E-state index contributed by atoms with van der Waals surface area (Å²) in [6, 6.07) is 0. The zero-order valence-corrected chi connectivity index (χ0v) is 12.5. The molecule has 3 atom stereocenters. The molecule has 0 aromatic carbocycles. The average Bonchev–Trinajstić information content (AvgIpc) is 2.38. The highest BCUT2D eigenvalue weighted by Crippen LogP contribution is 2.44. The monoisotopic (exact) mass is 250 g/mol. The molecule has 2 fully saturated rings. The molecule has 0 aromatic rings. The van der Waals surface area contributed by atoms with E-state index in [4.69, 9.17) is 0 Å². The van der Waals surface area contributed by atoms with Crippen LogP contribution in [-0.2, 0) is 4.79 Å². The van der Waals surface area contributed by atoms with Crippen LogP contribution in [0.15, 0.2) is 0 Å². The summed E-state index contributed by atoms with van der Waals surface area (Å²) < 4.78 is 0. The van der Waals surface area contributed by atoms with Gasteiger partial charge in [-0.15, -0.1) is 0 Å². The molecule has 0 aromatic heterocycles. The molecule has 1 nitrogen and oxygen atoms in total. The summed E-state index contributed by atoms with van der Waals surface area (Å²) in [7, 11) is 0. The van der Waals surface area contributed by atoms with Crippen molar-refractivity contribution >= 4 is 5.78 Å². The molecule has 0 heterocycles. The first-order valence-electron chi connectivity index (χ1n) is 8.12. The Bertz CT molecular complexity index is 275. The van der Waals surface area contributed by atoms with Gasteiger partial charge in [0.25, 0.3) is 0 Å². The van der Waals surface area contributed by atoms with Crippen molar-refractivity contribution in [3.8, 4) is 0 Å². The molecule has 3 unspecified atom stereocenters. The second-order valence-corrected chi connectivity index (χ2v) is 6.95. The minimum atomic E-state index is 0.392. The highest BCUT2D eigenvalue weighted by Gasteiger charge is 2.35. The number of hydrogen-bond acceptors (Lipinski definition) is 1. The fourth-order valence-corrected chi connectivity index (χ4v) is 4.56. The predicted molar refractivity (Wildman–Crippen MR) is 76.4 cm³/mol. The van der Waals surface area contributed by atoms with Gasteiger partial charge in [-0.1, -0.05) is 26.7 Å². The van der Waals surface area contributed by atoms with Gasteiger partial charge in [0.2, 0.25) is 0 Å². The van der Waals surface area contributed by atoms with Gasteiger partial charge in [0.05, 0.1) is 0 Å². The fourth-order valence-electron chi connectivity index (χ4n) is 4.56. The highest BCUT2D eigenvalue weighted by atomic mass is 16.1. The van der Waals surface area contributed by atoms with Crippen molar-refractivity contribution in [3.05, 3.63) is 0 Å². The van der Waals surface area contributed by atoms with Crippen LogP contribution >= 0.6 is 0 Å². The molecule has 0 bridgehead atoms. The quantitative estimate of drug-likeness (QED) is 0.700. The predicted octanol–water partition coefficient (Wildman–Crippen LogP) is 4.84. The van der Waals surface area contributed by atoms with Crippen LogP contribution in [0.2, 0.25) is 0 Å². The summed E-state index contributed by atoms with van der Waals surface area (Å²) in [5.41, 5.74) is 0. The van der Waals surface area contributed by atoms with E-state index in [9.17, 15) is 4.79 Å². The van der Waals surface area contributed by atoms with Gasteiger partial charge in [-0.25, -0.2) is 0 Å². The first-order chi connectivity index (χ1) is 8.61. The molecule has 0 amide bonds. The summed E-state index contributed by atoms with van der Waals surface area (Å²) in [6.07, 6.45) is 10.7. The molecule has 0 N–H and O–H groups in total. The lowest BCUT2D eigenvalue weighted by Gasteiger charge is -2.41. The lowest BCUT2D eigenvalue weighted by Crippen LogP contribution is -2.32. The molecule has 0 aliphatic heterocycles. The van der Waals surface area contributed by atoms with Gasteiger partial charge in [0.15, 0.2) is 0 Å². The van der Waals surface area contributed by atoms with Crippen LogP contribution in [0.1, 0.15) is 72.1 Å². The van der Waals surface area contributed by atoms with E-state index in [1.165, 1.54) is 51.4 Å². The van der Waals surface area contributed by atoms with Gasteiger partial charge in [-0.2, -0.15) is 0 Å². The Morgan fingerprint density at radius 2 is 1.72 bits per heavy atom. The molecule has 104 valence electrons. The molecule has 0 saturated heterocycles. The standard InChI is InChI=1S/C17H30O/c1-4-14-5-10-17(12(2)11-14)16-8-6-15(7-9-16)13(3)18/h12,14-17H,4-11H2,1-3H3. The van der Waals surface area contributed by atoms with Crippen LogP contribution in [-0.4, -0.2) is 5.78 Å². The Morgan fingerprint density at radius 3 is 2.22 bits per heavy atom. The van der Waals surface area contributed by atoms with Gasteiger partial charge in [0.1, 0.15) is 5.78 Å². The van der Waals surface area contributed by atoms with Gasteiger partial charge in [-0.3, -0.25) is 4.79 Å². The third-order valence-corrected chi connectivity index (χ3v) is 5.87. The van der Waals surface area contributed by atoms with Gasteiger partial charge < -0.3 is 0 Å². The molecule has 2 aliphatic rings. The molecule has 2 saturated carbocycles. The Kier molecular flexibility index (Phi) is 4.86. The molecule has 2 aliphatic carbocycles. The highest BCUT2D eigenvalue weighted by molar-refractivity contribution is 5.78. The first-order valence-corrected chi connectivity index (χ1v) is 8.12. The zero-order valence-electron chi connectivity index (χ0n) is 12.5. The number of Topliss-reactive ketones (excluding diaryl/α,β-unsaturated/α-hetero) is 1. The van der Waals surface area contributed by atoms with E-state index in [2.05, 4.69) is 13.8 Å². The SMILES string of the molecule is CCC1CCC(C2CCC(C(C)=O)CC2)C(C)C1. The van der Waals surface area contributed by atoms with Gasteiger partial charge in [-0.05, 0) is 69.1 Å². The summed E-state index contributed by atoms with van der Waals surface area (Å²) in [5, 5.41) is 0. The van der Waals surface area contributed by atoms with E-state index in [1.807, 2.05) is 0 Å². The second kappa shape index (κ2) is 6.21. The fraction of sp³-hybridized carbons (Fsp3) is 0.941. The van der Waals surface area contributed by atoms with Crippen LogP contribution in [0, 0.1) is 29.6 Å². The van der Waals surface area contributed by atoms with Crippen molar-refractivity contribution in [1.29, 1.82) is 0 Å². The lowest BCUT2D eigenvalue weighted by molar-refractivity contribution is -0.122. The molecular formula is C17H30O. The van der Waals surface area contributed by atoms with Gasteiger partial charge in [0, 0.05) is 5.92 Å². The molecule has 2 rings (SSSR count). The minimum Gasteiger partial charge on any atom is -0.300 e. The smallest absolute Gasteiger partial charge is 0.132 e. The summed E-state index contributed by atoms with van der Waals surface area (Å²) in [5.74, 6) is 4.61. The minimum absolute atomic E-state index is 0.392. The Hall–Kier alpha value is -0.330. The maximum atomic E-state index is 11.4. The summed E-state index contributed by atoms with van der Waals surface area (Å²) in [6.45, 7) is 6.60. The summed E-state index contributed by atoms with van der Waals surface area (Å²) >= 11 is 0.